The maximum absolute atomic E-state index is 12.5. The predicted octanol–water partition coefficient (Wildman–Crippen LogP) is 3.36. The Labute approximate surface area is 146 Å². The SMILES string of the molecule is CCOc1ccc(Br)cc1CN(C(=O)C(C)CN)C1CC1.Cl. The Morgan fingerprint density at radius 3 is 2.73 bits per heavy atom. The van der Waals surface area contributed by atoms with Crippen LogP contribution in [0.3, 0.4) is 0 Å². The number of halogens is 2. The van der Waals surface area contributed by atoms with Crippen molar-refractivity contribution in [2.24, 2.45) is 11.7 Å². The van der Waals surface area contributed by atoms with Crippen molar-refractivity contribution in [3.63, 3.8) is 0 Å². The smallest absolute Gasteiger partial charge is 0.227 e. The van der Waals surface area contributed by atoms with Crippen LogP contribution in [0.25, 0.3) is 0 Å². The Hall–Kier alpha value is -0.780. The maximum atomic E-state index is 12.5. The van der Waals surface area contributed by atoms with Gasteiger partial charge in [-0.1, -0.05) is 22.9 Å². The van der Waals surface area contributed by atoms with Gasteiger partial charge in [-0.2, -0.15) is 0 Å². The second-order valence-corrected chi connectivity index (χ2v) is 6.43. The lowest BCUT2D eigenvalue weighted by molar-refractivity contribution is -0.135. The maximum Gasteiger partial charge on any atom is 0.227 e. The highest BCUT2D eigenvalue weighted by Gasteiger charge is 2.34. The molecular formula is C16H24BrClN2O2. The highest BCUT2D eigenvalue weighted by atomic mass is 79.9. The van der Waals surface area contributed by atoms with Gasteiger partial charge in [0.2, 0.25) is 5.91 Å². The van der Waals surface area contributed by atoms with Gasteiger partial charge in [0.25, 0.3) is 0 Å². The summed E-state index contributed by atoms with van der Waals surface area (Å²) in [6.07, 6.45) is 2.17. The Balaban J connectivity index is 0.00000242. The first-order valence-electron chi connectivity index (χ1n) is 7.48. The zero-order chi connectivity index (χ0) is 15.4. The third-order valence-corrected chi connectivity index (χ3v) is 4.20. The lowest BCUT2D eigenvalue weighted by atomic mass is 10.1. The van der Waals surface area contributed by atoms with Crippen molar-refractivity contribution in [1.82, 2.24) is 4.90 Å². The molecule has 0 radical (unpaired) electrons. The number of carbonyl (C=O) groups is 1. The summed E-state index contributed by atoms with van der Waals surface area (Å²) in [6.45, 7) is 5.45. The monoisotopic (exact) mass is 390 g/mol. The number of carbonyl (C=O) groups excluding carboxylic acids is 1. The number of rotatable bonds is 7. The van der Waals surface area contributed by atoms with Crippen molar-refractivity contribution in [3.05, 3.63) is 28.2 Å². The topological polar surface area (TPSA) is 55.6 Å². The number of ether oxygens (including phenoxy) is 1. The first-order valence-corrected chi connectivity index (χ1v) is 8.27. The summed E-state index contributed by atoms with van der Waals surface area (Å²) >= 11 is 3.49. The number of hydrogen-bond donors (Lipinski definition) is 1. The molecule has 0 aliphatic heterocycles. The van der Waals surface area contributed by atoms with E-state index < -0.39 is 0 Å². The summed E-state index contributed by atoms with van der Waals surface area (Å²) in [7, 11) is 0. The highest BCUT2D eigenvalue weighted by molar-refractivity contribution is 9.10. The van der Waals surface area contributed by atoms with Crippen LogP contribution in [0, 0.1) is 5.92 Å². The van der Waals surface area contributed by atoms with Crippen molar-refractivity contribution in [2.45, 2.75) is 39.3 Å². The van der Waals surface area contributed by atoms with Crippen LogP contribution in [0.5, 0.6) is 5.75 Å². The van der Waals surface area contributed by atoms with E-state index in [4.69, 9.17) is 10.5 Å². The van der Waals surface area contributed by atoms with Crippen molar-refractivity contribution >= 4 is 34.2 Å². The molecule has 6 heteroatoms. The second kappa shape index (κ2) is 8.75. The van der Waals surface area contributed by atoms with Gasteiger partial charge in [-0.15, -0.1) is 12.4 Å². The molecule has 22 heavy (non-hydrogen) atoms. The minimum absolute atomic E-state index is 0. The predicted molar refractivity (Wildman–Crippen MR) is 94.3 cm³/mol. The molecule has 0 heterocycles. The lowest BCUT2D eigenvalue weighted by Gasteiger charge is -2.26. The molecule has 0 aromatic heterocycles. The number of benzene rings is 1. The van der Waals surface area contributed by atoms with Gasteiger partial charge < -0.3 is 15.4 Å². The molecule has 0 spiro atoms. The van der Waals surface area contributed by atoms with Gasteiger partial charge in [0.05, 0.1) is 6.61 Å². The Morgan fingerprint density at radius 1 is 1.50 bits per heavy atom. The van der Waals surface area contributed by atoms with E-state index in [-0.39, 0.29) is 24.2 Å². The zero-order valence-corrected chi connectivity index (χ0v) is 15.5. The molecule has 2 rings (SSSR count). The van der Waals surface area contributed by atoms with Crippen molar-refractivity contribution in [1.29, 1.82) is 0 Å². The number of nitrogens with zero attached hydrogens (tertiary/aromatic N) is 1. The van der Waals surface area contributed by atoms with Crippen LogP contribution in [0.15, 0.2) is 22.7 Å². The third kappa shape index (κ3) is 4.86. The molecule has 0 bridgehead atoms. The lowest BCUT2D eigenvalue weighted by Crippen LogP contribution is -2.39. The number of hydrogen-bond acceptors (Lipinski definition) is 3. The molecule has 1 amide bonds. The minimum atomic E-state index is -0.131. The molecule has 1 fully saturated rings. The van der Waals surface area contributed by atoms with E-state index in [1.54, 1.807) is 0 Å². The molecule has 1 aromatic rings. The molecule has 1 atom stereocenters. The van der Waals surface area contributed by atoms with Crippen LogP contribution >= 0.6 is 28.3 Å². The van der Waals surface area contributed by atoms with E-state index in [2.05, 4.69) is 15.9 Å². The molecule has 124 valence electrons. The van der Waals surface area contributed by atoms with E-state index >= 15 is 0 Å². The number of nitrogens with two attached hydrogens (primary N) is 1. The van der Waals surface area contributed by atoms with E-state index in [1.165, 1.54) is 0 Å². The van der Waals surface area contributed by atoms with Crippen molar-refractivity contribution in [3.8, 4) is 5.75 Å². The largest absolute Gasteiger partial charge is 0.494 e. The average molecular weight is 392 g/mol. The van der Waals surface area contributed by atoms with E-state index in [0.29, 0.717) is 25.7 Å². The van der Waals surface area contributed by atoms with Gasteiger partial charge in [-0.05, 0) is 38.0 Å². The summed E-state index contributed by atoms with van der Waals surface area (Å²) in [6, 6.07) is 6.30. The Morgan fingerprint density at radius 2 is 2.18 bits per heavy atom. The fourth-order valence-electron chi connectivity index (χ4n) is 2.31. The first kappa shape index (κ1) is 19.3. The standard InChI is InChI=1S/C16H23BrN2O2.ClH/c1-3-21-15-7-4-13(17)8-12(15)10-19(14-5-6-14)16(20)11(2)9-18;/h4,7-8,11,14H,3,5-6,9-10,18H2,1-2H3;1H. The Kier molecular flexibility index (Phi) is 7.66. The molecule has 4 nitrogen and oxygen atoms in total. The van der Waals surface area contributed by atoms with Crippen LogP contribution in [0.4, 0.5) is 0 Å². The molecule has 1 aliphatic carbocycles. The fraction of sp³-hybridized carbons (Fsp3) is 0.562. The second-order valence-electron chi connectivity index (χ2n) is 5.52. The highest BCUT2D eigenvalue weighted by Crippen LogP contribution is 2.32. The van der Waals surface area contributed by atoms with Gasteiger partial charge in [0, 0.05) is 35.1 Å². The van der Waals surface area contributed by atoms with Gasteiger partial charge in [0.1, 0.15) is 5.75 Å². The normalized spacial score (nSPS) is 14.9. The van der Waals surface area contributed by atoms with Crippen LogP contribution < -0.4 is 10.5 Å². The van der Waals surface area contributed by atoms with Gasteiger partial charge >= 0.3 is 0 Å². The van der Waals surface area contributed by atoms with E-state index in [9.17, 15) is 4.79 Å². The zero-order valence-electron chi connectivity index (χ0n) is 13.0. The summed E-state index contributed by atoms with van der Waals surface area (Å²) in [5.41, 5.74) is 6.68. The summed E-state index contributed by atoms with van der Waals surface area (Å²) in [5, 5.41) is 0. The van der Waals surface area contributed by atoms with E-state index in [0.717, 1.165) is 28.6 Å². The summed E-state index contributed by atoms with van der Waals surface area (Å²) in [4.78, 5) is 14.5. The summed E-state index contributed by atoms with van der Waals surface area (Å²) < 4.78 is 6.67. The van der Waals surface area contributed by atoms with E-state index in [1.807, 2.05) is 36.9 Å². The first-order chi connectivity index (χ1) is 10.1. The summed E-state index contributed by atoms with van der Waals surface area (Å²) in [5.74, 6) is 0.857. The van der Waals surface area contributed by atoms with Gasteiger partial charge in [-0.25, -0.2) is 0 Å². The van der Waals surface area contributed by atoms with Crippen LogP contribution in [-0.4, -0.2) is 30.0 Å². The molecule has 1 aromatic carbocycles. The molecular weight excluding hydrogens is 368 g/mol. The molecule has 0 saturated heterocycles. The van der Waals surface area contributed by atoms with Crippen LogP contribution in [0.2, 0.25) is 0 Å². The average Bonchev–Trinajstić information content (AvgIpc) is 3.30. The molecule has 1 saturated carbocycles. The van der Waals surface area contributed by atoms with Gasteiger partial charge in [-0.3, -0.25) is 4.79 Å². The van der Waals surface area contributed by atoms with Gasteiger partial charge in [0.15, 0.2) is 0 Å². The van der Waals surface area contributed by atoms with Crippen molar-refractivity contribution < 1.29 is 9.53 Å². The van der Waals surface area contributed by atoms with Crippen LogP contribution in [0.1, 0.15) is 32.3 Å². The third-order valence-electron chi connectivity index (χ3n) is 3.71. The molecule has 1 unspecified atom stereocenters. The Bertz CT molecular complexity index is 509. The van der Waals surface area contributed by atoms with Crippen LogP contribution in [-0.2, 0) is 11.3 Å². The molecule has 2 N–H and O–H groups in total. The quantitative estimate of drug-likeness (QED) is 0.775. The fourth-order valence-corrected chi connectivity index (χ4v) is 2.72. The number of amides is 1. The minimum Gasteiger partial charge on any atom is -0.494 e. The molecule has 1 aliphatic rings. The van der Waals surface area contributed by atoms with Crippen molar-refractivity contribution in [2.75, 3.05) is 13.2 Å².